The Hall–Kier alpha value is -3.29. The van der Waals surface area contributed by atoms with E-state index < -0.39 is 5.56 Å². The summed E-state index contributed by atoms with van der Waals surface area (Å²) in [6.07, 6.45) is 0. The van der Waals surface area contributed by atoms with Crippen molar-refractivity contribution in [2.75, 3.05) is 19.0 Å². The largest absolute Gasteiger partial charge is 0.395 e. The number of benzene rings is 2. The number of halogens is 1. The average Bonchev–Trinajstić information content (AvgIpc) is 2.75. The molecule has 0 amide bonds. The van der Waals surface area contributed by atoms with Crippen LogP contribution in [0.3, 0.4) is 0 Å². The summed E-state index contributed by atoms with van der Waals surface area (Å²) in [6, 6.07) is 19.4. The molecule has 8 heteroatoms. The molecule has 7 nitrogen and oxygen atoms in total. The lowest BCUT2D eigenvalue weighted by atomic mass is 10.0. The molecule has 148 valence electrons. The maximum atomic E-state index is 12.6. The van der Waals surface area contributed by atoms with Crippen molar-refractivity contribution in [3.05, 3.63) is 71.0 Å². The van der Waals surface area contributed by atoms with Crippen molar-refractivity contribution in [1.82, 2.24) is 19.5 Å². The molecule has 2 aliphatic rings. The smallest absolute Gasteiger partial charge is 0.302 e. The first-order chi connectivity index (χ1) is 13.7. The van der Waals surface area contributed by atoms with E-state index in [1.165, 1.54) is 0 Å². The molecule has 0 saturated heterocycles. The van der Waals surface area contributed by atoms with E-state index in [0.717, 1.165) is 16.8 Å². The molecule has 2 N–H and O–H groups in total. The van der Waals surface area contributed by atoms with Gasteiger partial charge in [0.25, 0.3) is 0 Å². The first-order valence-corrected chi connectivity index (χ1v) is 8.95. The Morgan fingerprint density at radius 2 is 1.52 bits per heavy atom. The third-order valence-corrected chi connectivity index (χ3v) is 4.45. The van der Waals surface area contributed by atoms with Crippen molar-refractivity contribution in [2.45, 2.75) is 6.54 Å². The van der Waals surface area contributed by atoms with Gasteiger partial charge in [-0.15, -0.1) is 12.4 Å². The third-order valence-electron chi connectivity index (χ3n) is 4.45. The summed E-state index contributed by atoms with van der Waals surface area (Å²) in [4.78, 5) is 25.7. The van der Waals surface area contributed by atoms with Gasteiger partial charge in [-0.1, -0.05) is 60.7 Å². The molecule has 0 aliphatic carbocycles. The van der Waals surface area contributed by atoms with Gasteiger partial charge in [-0.2, -0.15) is 9.97 Å². The summed E-state index contributed by atoms with van der Waals surface area (Å²) in [5, 5.41) is 12.5. The van der Waals surface area contributed by atoms with E-state index in [4.69, 9.17) is 0 Å². The number of nitrogens with zero attached hydrogens (tertiary/aromatic N) is 4. The van der Waals surface area contributed by atoms with E-state index in [-0.39, 0.29) is 37.2 Å². The summed E-state index contributed by atoms with van der Waals surface area (Å²) >= 11 is 0. The fraction of sp³-hybridized carbons (Fsp3) is 0.143. The Morgan fingerprint density at radius 1 is 0.897 bits per heavy atom. The van der Waals surface area contributed by atoms with Crippen LogP contribution in [0, 0.1) is 0 Å². The number of hydrogen-bond acceptors (Lipinski definition) is 6. The molecule has 0 atom stereocenters. The third kappa shape index (κ3) is 3.83. The van der Waals surface area contributed by atoms with Crippen LogP contribution in [0.25, 0.3) is 34.0 Å². The zero-order chi connectivity index (χ0) is 19.5. The van der Waals surface area contributed by atoms with Crippen molar-refractivity contribution in [2.24, 2.45) is 0 Å². The molecular weight excluding hydrogens is 390 g/mol. The lowest BCUT2D eigenvalue weighted by Crippen LogP contribution is -2.23. The monoisotopic (exact) mass is 409 g/mol. The van der Waals surface area contributed by atoms with Crippen LogP contribution in [0.5, 0.6) is 0 Å². The van der Waals surface area contributed by atoms with Gasteiger partial charge in [0.05, 0.1) is 18.0 Å². The summed E-state index contributed by atoms with van der Waals surface area (Å²) < 4.78 is 1.84. The predicted octanol–water partition coefficient (Wildman–Crippen LogP) is 2.93. The number of aromatic nitrogens is 4. The van der Waals surface area contributed by atoms with E-state index in [1.807, 2.05) is 65.2 Å². The highest BCUT2D eigenvalue weighted by Gasteiger charge is 2.24. The van der Waals surface area contributed by atoms with Crippen LogP contribution < -0.4 is 10.9 Å². The summed E-state index contributed by atoms with van der Waals surface area (Å²) in [6.45, 7) is 0.160. The molecule has 0 fully saturated rings. The van der Waals surface area contributed by atoms with Crippen LogP contribution in [0.4, 0.5) is 5.95 Å². The molecule has 0 bridgehead atoms. The van der Waals surface area contributed by atoms with Gasteiger partial charge in [0, 0.05) is 24.7 Å². The number of fused-ring (bicyclic) bond motifs is 1. The number of nitrogens with one attached hydrogen (secondary N) is 1. The normalized spacial score (nSPS) is 10.6. The van der Waals surface area contributed by atoms with Crippen molar-refractivity contribution in [3.8, 4) is 34.0 Å². The molecule has 0 spiro atoms. The zero-order valence-electron chi connectivity index (χ0n) is 15.7. The van der Waals surface area contributed by atoms with Gasteiger partial charge in [-0.25, -0.2) is 4.98 Å². The Labute approximate surface area is 173 Å². The Balaban J connectivity index is 0.00000240. The Kier molecular flexibility index (Phi) is 6.21. The predicted molar refractivity (Wildman–Crippen MR) is 115 cm³/mol. The number of hydrogen-bond donors (Lipinski definition) is 2. The highest BCUT2D eigenvalue weighted by molar-refractivity contribution is 5.85. The molecule has 0 unspecified atom stereocenters. The highest BCUT2D eigenvalue weighted by Crippen LogP contribution is 2.34. The topological polar surface area (TPSA) is 92.9 Å². The molecule has 0 saturated carbocycles. The first-order valence-electron chi connectivity index (χ1n) is 8.95. The van der Waals surface area contributed by atoms with Gasteiger partial charge >= 0.3 is 5.56 Å². The van der Waals surface area contributed by atoms with Gasteiger partial charge in [0.2, 0.25) is 5.95 Å². The fourth-order valence-corrected chi connectivity index (χ4v) is 3.22. The maximum Gasteiger partial charge on any atom is 0.302 e. The van der Waals surface area contributed by atoms with Crippen molar-refractivity contribution >= 4 is 18.4 Å². The second-order valence-electron chi connectivity index (χ2n) is 6.19. The SMILES string of the molecule is CNc1nc2n(CCO)c(-c3ccccc3)c(-c3ccccc3)nc-2c(=O)n1.Cl. The van der Waals surface area contributed by atoms with E-state index in [1.54, 1.807) is 7.05 Å². The standard InChI is InChI=1S/C21H19N5O2.ClH/c1-22-21-24-19-17(20(28)25-21)23-16(14-8-4-2-5-9-14)18(26(19)12-13-27)15-10-6-3-7-11-15;/h2-11,27H,12-13H2,1H3,(H,22,25,28);1H. The highest BCUT2D eigenvalue weighted by atomic mass is 35.5. The minimum atomic E-state index is -0.460. The van der Waals surface area contributed by atoms with Crippen molar-refractivity contribution in [3.63, 3.8) is 0 Å². The molecule has 2 aromatic rings. The van der Waals surface area contributed by atoms with Crippen LogP contribution in [0.2, 0.25) is 0 Å². The van der Waals surface area contributed by atoms with E-state index in [9.17, 15) is 9.90 Å². The van der Waals surface area contributed by atoms with Gasteiger partial charge in [0.1, 0.15) is 0 Å². The summed E-state index contributed by atoms with van der Waals surface area (Å²) in [5.41, 5.74) is 2.93. The number of aliphatic hydroxyl groups is 1. The number of aliphatic hydroxyl groups excluding tert-OH is 1. The van der Waals surface area contributed by atoms with Crippen LogP contribution in [-0.2, 0) is 6.54 Å². The number of rotatable bonds is 5. The molecule has 2 aliphatic heterocycles. The van der Waals surface area contributed by atoms with Gasteiger partial charge in [0.15, 0.2) is 11.5 Å². The van der Waals surface area contributed by atoms with Gasteiger partial charge in [-0.05, 0) is 0 Å². The molecule has 29 heavy (non-hydrogen) atoms. The van der Waals surface area contributed by atoms with Crippen LogP contribution in [0.15, 0.2) is 65.5 Å². The molecule has 0 aromatic heterocycles. The Bertz CT molecular complexity index is 1130. The molecule has 0 radical (unpaired) electrons. The van der Waals surface area contributed by atoms with E-state index in [0.29, 0.717) is 11.5 Å². The van der Waals surface area contributed by atoms with Gasteiger partial charge < -0.3 is 15.0 Å². The quantitative estimate of drug-likeness (QED) is 0.526. The van der Waals surface area contributed by atoms with E-state index in [2.05, 4.69) is 20.3 Å². The fourth-order valence-electron chi connectivity index (χ4n) is 3.22. The lowest BCUT2D eigenvalue weighted by molar-refractivity contribution is 0.276. The summed E-state index contributed by atoms with van der Waals surface area (Å²) in [7, 11) is 1.65. The first kappa shape index (κ1) is 20.4. The molecular formula is C21H20ClN5O2. The van der Waals surface area contributed by atoms with Gasteiger partial charge in [-0.3, -0.25) is 4.79 Å². The minimum absolute atomic E-state index is 0. The summed E-state index contributed by atoms with van der Waals surface area (Å²) in [5.74, 6) is 0.606. The van der Waals surface area contributed by atoms with Crippen LogP contribution >= 0.6 is 12.4 Å². The second-order valence-corrected chi connectivity index (χ2v) is 6.19. The van der Waals surface area contributed by atoms with Crippen LogP contribution in [-0.4, -0.2) is 38.3 Å². The maximum absolute atomic E-state index is 12.6. The van der Waals surface area contributed by atoms with Crippen molar-refractivity contribution < 1.29 is 5.11 Å². The molecule has 2 heterocycles. The zero-order valence-corrected chi connectivity index (χ0v) is 16.6. The number of anilines is 1. The average molecular weight is 410 g/mol. The van der Waals surface area contributed by atoms with Crippen LogP contribution in [0.1, 0.15) is 0 Å². The molecule has 2 aromatic carbocycles. The Morgan fingerprint density at radius 3 is 2.10 bits per heavy atom. The molecule has 4 rings (SSSR count). The minimum Gasteiger partial charge on any atom is -0.395 e. The van der Waals surface area contributed by atoms with Crippen molar-refractivity contribution in [1.29, 1.82) is 0 Å². The van der Waals surface area contributed by atoms with E-state index >= 15 is 0 Å². The second kappa shape index (κ2) is 8.81. The lowest BCUT2D eigenvalue weighted by Gasteiger charge is -2.22.